The van der Waals surface area contributed by atoms with Gasteiger partial charge in [0.2, 0.25) is 0 Å². The number of hydrogen-bond donors (Lipinski definition) is 1. The summed E-state index contributed by atoms with van der Waals surface area (Å²) in [4.78, 5) is -0.107. The molecule has 0 aliphatic rings. The molecule has 0 saturated heterocycles. The van der Waals surface area contributed by atoms with Gasteiger partial charge in [-0.15, -0.1) is 12.4 Å². The van der Waals surface area contributed by atoms with Crippen LogP contribution in [0.15, 0.2) is 17.0 Å². The predicted octanol–water partition coefficient (Wildman–Crippen LogP) is 2.95. The molecular formula is C6H5ClF3NS. The van der Waals surface area contributed by atoms with E-state index < -0.39 is 11.6 Å². The van der Waals surface area contributed by atoms with Gasteiger partial charge in [0.25, 0.3) is 0 Å². The van der Waals surface area contributed by atoms with E-state index in [0.717, 1.165) is 12.1 Å². The Kier molecular flexibility index (Phi) is 4.26. The molecule has 0 aromatic heterocycles. The molecule has 2 N–H and O–H groups in total. The summed E-state index contributed by atoms with van der Waals surface area (Å²) in [5.41, 5.74) is 5.03. The molecule has 0 atom stereocenters. The first-order valence-corrected chi connectivity index (χ1v) is 3.40. The highest BCUT2D eigenvalue weighted by Crippen LogP contribution is 2.27. The average Bonchev–Trinajstić information content (AvgIpc) is 1.97. The lowest BCUT2D eigenvalue weighted by Gasteiger charge is -1.99. The first-order chi connectivity index (χ1) is 5.15. The molecule has 0 fully saturated rings. The molecule has 0 unspecified atom stereocenters. The Labute approximate surface area is 77.8 Å². The summed E-state index contributed by atoms with van der Waals surface area (Å²) in [7, 11) is 0. The number of nitrogen functional groups attached to an aromatic ring is 1. The van der Waals surface area contributed by atoms with Gasteiger partial charge >= 0.3 is 0 Å². The molecule has 0 bridgehead atoms. The molecule has 1 aromatic carbocycles. The van der Waals surface area contributed by atoms with Gasteiger partial charge in [0, 0.05) is 6.07 Å². The van der Waals surface area contributed by atoms with Crippen LogP contribution in [0, 0.1) is 11.6 Å². The molecule has 1 aromatic rings. The van der Waals surface area contributed by atoms with Crippen molar-refractivity contribution < 1.29 is 12.7 Å². The molecule has 6 heteroatoms. The monoisotopic (exact) mass is 215 g/mol. The second kappa shape index (κ2) is 4.47. The summed E-state index contributed by atoms with van der Waals surface area (Å²) in [6.07, 6.45) is 0. The number of nitrogens with two attached hydrogens (primary N) is 1. The molecule has 0 aliphatic heterocycles. The minimum Gasteiger partial charge on any atom is -0.398 e. The summed E-state index contributed by atoms with van der Waals surface area (Å²) in [5, 5.41) is 0. The van der Waals surface area contributed by atoms with Crippen LogP contribution in [0.2, 0.25) is 0 Å². The van der Waals surface area contributed by atoms with E-state index in [-0.39, 0.29) is 35.1 Å². The molecule has 0 heterocycles. The van der Waals surface area contributed by atoms with Crippen LogP contribution in [0.1, 0.15) is 0 Å². The Morgan fingerprint density at radius 2 is 1.67 bits per heavy atom. The van der Waals surface area contributed by atoms with Gasteiger partial charge in [0.15, 0.2) is 11.6 Å². The summed E-state index contributed by atoms with van der Waals surface area (Å²) in [6.45, 7) is 0. The lowest BCUT2D eigenvalue weighted by Crippen LogP contribution is -1.92. The maximum atomic E-state index is 12.3. The number of rotatable bonds is 1. The third kappa shape index (κ3) is 2.22. The molecule has 0 saturated carbocycles. The van der Waals surface area contributed by atoms with Crippen molar-refractivity contribution >= 4 is 30.2 Å². The quantitative estimate of drug-likeness (QED) is 0.729. The topological polar surface area (TPSA) is 26.0 Å². The third-order valence-electron chi connectivity index (χ3n) is 1.14. The maximum Gasteiger partial charge on any atom is 0.160 e. The fourth-order valence-electron chi connectivity index (χ4n) is 0.611. The molecule has 68 valence electrons. The molecule has 0 spiro atoms. The van der Waals surface area contributed by atoms with Crippen molar-refractivity contribution in [1.82, 2.24) is 0 Å². The molecule has 0 aliphatic carbocycles. The van der Waals surface area contributed by atoms with E-state index in [1.165, 1.54) is 0 Å². The number of hydrogen-bond acceptors (Lipinski definition) is 2. The number of benzene rings is 1. The summed E-state index contributed by atoms with van der Waals surface area (Å²) in [5.74, 6) is -2.17. The van der Waals surface area contributed by atoms with E-state index in [2.05, 4.69) is 0 Å². The van der Waals surface area contributed by atoms with Gasteiger partial charge in [0.1, 0.15) is 0 Å². The molecular weight excluding hydrogens is 211 g/mol. The van der Waals surface area contributed by atoms with Crippen molar-refractivity contribution in [3.8, 4) is 0 Å². The van der Waals surface area contributed by atoms with Crippen LogP contribution in [0.4, 0.5) is 18.4 Å². The van der Waals surface area contributed by atoms with E-state index in [4.69, 9.17) is 5.73 Å². The van der Waals surface area contributed by atoms with Crippen molar-refractivity contribution in [3.63, 3.8) is 0 Å². The molecule has 12 heavy (non-hydrogen) atoms. The van der Waals surface area contributed by atoms with Gasteiger partial charge in [0.05, 0.1) is 22.7 Å². The fraction of sp³-hybridized carbons (Fsp3) is 0. The van der Waals surface area contributed by atoms with E-state index in [9.17, 15) is 12.7 Å². The second-order valence-corrected chi connectivity index (χ2v) is 2.48. The number of anilines is 1. The van der Waals surface area contributed by atoms with Crippen LogP contribution in [0.5, 0.6) is 0 Å². The maximum absolute atomic E-state index is 12.3. The largest absolute Gasteiger partial charge is 0.398 e. The van der Waals surface area contributed by atoms with Gasteiger partial charge in [-0.3, -0.25) is 0 Å². The van der Waals surface area contributed by atoms with Crippen LogP contribution in [-0.2, 0) is 0 Å². The predicted molar refractivity (Wildman–Crippen MR) is 45.0 cm³/mol. The van der Waals surface area contributed by atoms with E-state index in [1.807, 2.05) is 0 Å². The van der Waals surface area contributed by atoms with Gasteiger partial charge in [-0.05, 0) is 6.07 Å². The van der Waals surface area contributed by atoms with Crippen molar-refractivity contribution in [2.24, 2.45) is 0 Å². The van der Waals surface area contributed by atoms with Crippen molar-refractivity contribution in [3.05, 3.63) is 23.8 Å². The zero-order valence-corrected chi connectivity index (χ0v) is 7.32. The summed E-state index contributed by atoms with van der Waals surface area (Å²) < 4.78 is 36.5. The Morgan fingerprint density at radius 1 is 1.17 bits per heavy atom. The van der Waals surface area contributed by atoms with E-state index in [0.29, 0.717) is 0 Å². The first kappa shape index (κ1) is 11.4. The minimum absolute atomic E-state index is 0. The zero-order chi connectivity index (χ0) is 8.43. The Morgan fingerprint density at radius 3 is 2.17 bits per heavy atom. The highest BCUT2D eigenvalue weighted by Gasteiger charge is 2.07. The molecule has 0 amide bonds. The molecule has 1 nitrogen and oxygen atoms in total. The lowest BCUT2D eigenvalue weighted by atomic mass is 10.3. The van der Waals surface area contributed by atoms with Crippen LogP contribution >= 0.6 is 24.6 Å². The number of halogens is 4. The van der Waals surface area contributed by atoms with Gasteiger partial charge < -0.3 is 5.73 Å². The fourth-order valence-corrected chi connectivity index (χ4v) is 0.907. The molecule has 0 radical (unpaired) electrons. The standard InChI is InChI=1S/C6H4F3NS.ClH/c7-3-1-5(10)6(11-9)2-4(3)8;/h1-2H,10H2;1H. The van der Waals surface area contributed by atoms with E-state index >= 15 is 0 Å². The van der Waals surface area contributed by atoms with Crippen molar-refractivity contribution in [1.29, 1.82) is 0 Å². The van der Waals surface area contributed by atoms with Gasteiger partial charge in [-0.25, -0.2) is 8.78 Å². The Hall–Kier alpha value is -0.550. The van der Waals surface area contributed by atoms with Crippen molar-refractivity contribution in [2.75, 3.05) is 5.73 Å². The normalized spacial score (nSPS) is 9.25. The zero-order valence-electron chi connectivity index (χ0n) is 5.68. The van der Waals surface area contributed by atoms with Crippen LogP contribution in [0.3, 0.4) is 0 Å². The highest BCUT2D eigenvalue weighted by molar-refractivity contribution is 7.94. The summed E-state index contributed by atoms with van der Waals surface area (Å²) in [6, 6.07) is 1.46. The second-order valence-electron chi connectivity index (χ2n) is 1.88. The van der Waals surface area contributed by atoms with Crippen LogP contribution in [-0.4, -0.2) is 0 Å². The minimum atomic E-state index is -1.10. The first-order valence-electron chi connectivity index (χ1n) is 2.68. The lowest BCUT2D eigenvalue weighted by molar-refractivity contribution is 0.506. The van der Waals surface area contributed by atoms with E-state index in [1.54, 1.807) is 0 Å². The van der Waals surface area contributed by atoms with Crippen LogP contribution in [0.25, 0.3) is 0 Å². The van der Waals surface area contributed by atoms with Crippen LogP contribution < -0.4 is 5.73 Å². The van der Waals surface area contributed by atoms with Crippen molar-refractivity contribution in [2.45, 2.75) is 4.90 Å². The van der Waals surface area contributed by atoms with Gasteiger partial charge in [-0.1, -0.05) is 0 Å². The Bertz CT molecular complexity index is 282. The Balaban J connectivity index is 0.00000121. The average molecular weight is 216 g/mol. The highest BCUT2D eigenvalue weighted by atomic mass is 35.5. The molecule has 1 rings (SSSR count). The summed E-state index contributed by atoms with van der Waals surface area (Å²) >= 11 is -0.213. The third-order valence-corrected chi connectivity index (χ3v) is 1.66. The SMILES string of the molecule is Cl.Nc1cc(F)c(F)cc1SF. The van der Waals surface area contributed by atoms with Gasteiger partial charge in [-0.2, -0.15) is 3.89 Å². The smallest absolute Gasteiger partial charge is 0.160 e.